The zero-order chi connectivity index (χ0) is 14.1. The molecule has 2 aromatic rings. The first-order chi connectivity index (χ1) is 10.4. The van der Waals surface area contributed by atoms with Crippen molar-refractivity contribution in [2.75, 3.05) is 0 Å². The van der Waals surface area contributed by atoms with E-state index in [0.29, 0.717) is 12.0 Å². The minimum Gasteiger partial charge on any atom is -0.280 e. The van der Waals surface area contributed by atoms with Gasteiger partial charge >= 0.3 is 0 Å². The van der Waals surface area contributed by atoms with Crippen molar-refractivity contribution in [2.45, 2.75) is 31.7 Å². The Morgan fingerprint density at radius 2 is 1.50 bits per heavy atom. The van der Waals surface area contributed by atoms with Crippen LogP contribution in [0.5, 0.6) is 0 Å². The second-order valence-corrected chi connectivity index (χ2v) is 6.36. The largest absolute Gasteiger partial charge is 0.280 e. The Labute approximate surface area is 138 Å². The molecule has 1 heterocycles. The van der Waals surface area contributed by atoms with Crippen LogP contribution in [0.25, 0.3) is 0 Å². The summed E-state index contributed by atoms with van der Waals surface area (Å²) in [6.45, 7) is 0. The Balaban J connectivity index is 0.00000144. The van der Waals surface area contributed by atoms with E-state index in [1.165, 1.54) is 42.5 Å². The maximum absolute atomic E-state index is 5.22. The molecular weight excluding hydrogens is 290 g/mol. The zero-order valence-corrected chi connectivity index (χ0v) is 13.5. The van der Waals surface area contributed by atoms with Gasteiger partial charge in [-0.3, -0.25) is 4.99 Å². The number of hydrogen-bond donors (Lipinski definition) is 0. The van der Waals surface area contributed by atoms with Gasteiger partial charge in [0.15, 0.2) is 0 Å². The fourth-order valence-electron chi connectivity index (χ4n) is 4.04. The Morgan fingerprint density at radius 3 is 2.23 bits per heavy atom. The predicted molar refractivity (Wildman–Crippen MR) is 94.9 cm³/mol. The highest BCUT2D eigenvalue weighted by Gasteiger charge is 2.36. The maximum Gasteiger partial charge on any atom is 0.0781 e. The van der Waals surface area contributed by atoms with Crippen molar-refractivity contribution in [1.82, 2.24) is 0 Å². The molecule has 1 aliphatic heterocycles. The van der Waals surface area contributed by atoms with Gasteiger partial charge < -0.3 is 0 Å². The smallest absolute Gasteiger partial charge is 0.0781 e. The number of hydrogen-bond acceptors (Lipinski definition) is 1. The van der Waals surface area contributed by atoms with E-state index in [0.717, 1.165) is 5.92 Å². The standard InChI is InChI=1S/C20H21N.ClH/c1-3-8-15(9-4-1)19-17-12-7-13-18(14-17)20(21-19)16-10-5-2-6-11-16;/h1-6,8-11,17-19H,7,12-14H2;1H. The lowest BCUT2D eigenvalue weighted by Crippen LogP contribution is -2.32. The van der Waals surface area contributed by atoms with Crippen LogP contribution in [0.15, 0.2) is 65.7 Å². The molecule has 2 bridgehead atoms. The average molecular weight is 312 g/mol. The molecule has 1 saturated carbocycles. The number of halogens is 1. The third kappa shape index (κ3) is 2.83. The second-order valence-electron chi connectivity index (χ2n) is 6.36. The second kappa shape index (κ2) is 6.66. The highest BCUT2D eigenvalue weighted by Crippen LogP contribution is 2.45. The fourth-order valence-corrected chi connectivity index (χ4v) is 4.04. The number of fused-ring (bicyclic) bond motifs is 2. The number of rotatable bonds is 2. The van der Waals surface area contributed by atoms with Crippen molar-refractivity contribution >= 4 is 18.1 Å². The van der Waals surface area contributed by atoms with Crippen LogP contribution < -0.4 is 0 Å². The van der Waals surface area contributed by atoms with Crippen LogP contribution in [-0.4, -0.2) is 5.71 Å². The monoisotopic (exact) mass is 311 g/mol. The molecule has 4 rings (SSSR count). The minimum atomic E-state index is 0. The van der Waals surface area contributed by atoms with E-state index in [9.17, 15) is 0 Å². The molecule has 1 fully saturated rings. The SMILES string of the molecule is Cl.c1ccc(C2=NC(c3ccccc3)C3CCCC2C3)cc1. The van der Waals surface area contributed by atoms with Gasteiger partial charge in [-0.2, -0.15) is 0 Å². The third-order valence-electron chi connectivity index (χ3n) is 5.04. The molecule has 1 aliphatic carbocycles. The van der Waals surface area contributed by atoms with Gasteiger partial charge in [-0.15, -0.1) is 12.4 Å². The van der Waals surface area contributed by atoms with E-state index in [1.807, 2.05) is 0 Å². The van der Waals surface area contributed by atoms with Gasteiger partial charge in [0.25, 0.3) is 0 Å². The van der Waals surface area contributed by atoms with Gasteiger partial charge in [0, 0.05) is 11.6 Å². The molecule has 0 radical (unpaired) electrons. The van der Waals surface area contributed by atoms with Gasteiger partial charge in [0.05, 0.1) is 6.04 Å². The molecule has 0 N–H and O–H groups in total. The van der Waals surface area contributed by atoms with Gasteiger partial charge in [-0.25, -0.2) is 0 Å². The summed E-state index contributed by atoms with van der Waals surface area (Å²) in [7, 11) is 0. The maximum atomic E-state index is 5.22. The van der Waals surface area contributed by atoms with Crippen molar-refractivity contribution in [3.63, 3.8) is 0 Å². The van der Waals surface area contributed by atoms with E-state index in [1.54, 1.807) is 0 Å². The van der Waals surface area contributed by atoms with Crippen LogP contribution in [0.4, 0.5) is 0 Å². The normalized spacial score (nSPS) is 26.7. The van der Waals surface area contributed by atoms with Crippen LogP contribution >= 0.6 is 12.4 Å². The molecule has 3 unspecified atom stereocenters. The lowest BCUT2D eigenvalue weighted by atomic mass is 9.71. The molecule has 2 aliphatic rings. The van der Waals surface area contributed by atoms with Crippen LogP contribution in [0.3, 0.4) is 0 Å². The zero-order valence-electron chi connectivity index (χ0n) is 12.7. The predicted octanol–water partition coefficient (Wildman–Crippen LogP) is 5.46. The van der Waals surface area contributed by atoms with Crippen molar-refractivity contribution in [1.29, 1.82) is 0 Å². The number of benzene rings is 2. The lowest BCUT2D eigenvalue weighted by Gasteiger charge is -2.39. The van der Waals surface area contributed by atoms with Gasteiger partial charge in [0.1, 0.15) is 0 Å². The third-order valence-corrected chi connectivity index (χ3v) is 5.04. The van der Waals surface area contributed by atoms with Gasteiger partial charge in [-0.1, -0.05) is 67.1 Å². The van der Waals surface area contributed by atoms with E-state index in [4.69, 9.17) is 4.99 Å². The first-order valence-electron chi connectivity index (χ1n) is 8.10. The summed E-state index contributed by atoms with van der Waals surface area (Å²) >= 11 is 0. The highest BCUT2D eigenvalue weighted by atomic mass is 35.5. The Morgan fingerprint density at radius 1 is 0.818 bits per heavy atom. The molecule has 2 aromatic carbocycles. The summed E-state index contributed by atoms with van der Waals surface area (Å²) in [6, 6.07) is 22.0. The van der Waals surface area contributed by atoms with Gasteiger partial charge in [-0.05, 0) is 36.3 Å². The Hall–Kier alpha value is -1.60. The molecule has 3 atom stereocenters. The van der Waals surface area contributed by atoms with E-state index < -0.39 is 0 Å². The van der Waals surface area contributed by atoms with Crippen LogP contribution in [-0.2, 0) is 0 Å². The number of nitrogens with zero attached hydrogens (tertiary/aromatic N) is 1. The van der Waals surface area contributed by atoms with Crippen molar-refractivity contribution in [3.05, 3.63) is 71.8 Å². The van der Waals surface area contributed by atoms with Gasteiger partial charge in [0.2, 0.25) is 0 Å². The van der Waals surface area contributed by atoms with Crippen molar-refractivity contribution in [2.24, 2.45) is 16.8 Å². The molecular formula is C20H22ClN. The molecule has 0 saturated heterocycles. The molecule has 0 amide bonds. The van der Waals surface area contributed by atoms with Crippen LogP contribution in [0.2, 0.25) is 0 Å². The summed E-state index contributed by atoms with van der Waals surface area (Å²) in [6.07, 6.45) is 5.31. The van der Waals surface area contributed by atoms with Crippen molar-refractivity contribution in [3.8, 4) is 0 Å². The van der Waals surface area contributed by atoms with Crippen LogP contribution in [0, 0.1) is 11.8 Å². The topological polar surface area (TPSA) is 12.4 Å². The Bertz CT molecular complexity index is 635. The molecule has 0 spiro atoms. The first kappa shape index (κ1) is 15.3. The quantitative estimate of drug-likeness (QED) is 0.698. The lowest BCUT2D eigenvalue weighted by molar-refractivity contribution is 0.258. The summed E-state index contributed by atoms with van der Waals surface area (Å²) < 4.78 is 0. The molecule has 0 aromatic heterocycles. The fraction of sp³-hybridized carbons (Fsp3) is 0.350. The average Bonchev–Trinajstić information content (AvgIpc) is 2.57. The van der Waals surface area contributed by atoms with E-state index in [-0.39, 0.29) is 12.4 Å². The van der Waals surface area contributed by atoms with E-state index >= 15 is 0 Å². The molecule has 1 nitrogen and oxygen atoms in total. The van der Waals surface area contributed by atoms with Crippen molar-refractivity contribution < 1.29 is 0 Å². The number of aliphatic imine (C=N–C) groups is 1. The first-order valence-corrected chi connectivity index (χ1v) is 8.10. The Kier molecular flexibility index (Phi) is 4.63. The summed E-state index contributed by atoms with van der Waals surface area (Å²) in [5.74, 6) is 1.41. The minimum absolute atomic E-state index is 0. The molecule has 22 heavy (non-hydrogen) atoms. The summed E-state index contributed by atoms with van der Waals surface area (Å²) in [5, 5.41) is 0. The molecule has 2 heteroatoms. The highest BCUT2D eigenvalue weighted by molar-refractivity contribution is 6.02. The van der Waals surface area contributed by atoms with E-state index in [2.05, 4.69) is 60.7 Å². The summed E-state index contributed by atoms with van der Waals surface area (Å²) in [4.78, 5) is 5.22. The summed E-state index contributed by atoms with van der Waals surface area (Å²) in [5.41, 5.74) is 4.06. The van der Waals surface area contributed by atoms with Crippen LogP contribution in [0.1, 0.15) is 42.9 Å². The molecule has 114 valence electrons.